The van der Waals surface area contributed by atoms with Gasteiger partial charge in [0, 0.05) is 42.9 Å². The van der Waals surface area contributed by atoms with Crippen molar-refractivity contribution in [1.82, 2.24) is 9.80 Å². The van der Waals surface area contributed by atoms with Gasteiger partial charge in [0.15, 0.2) is 0 Å². The molecule has 2 rings (SSSR count). The smallest absolute Gasteiger partial charge is 0.250 e. The molecule has 0 atom stereocenters. The number of halogens is 4. The highest BCUT2D eigenvalue weighted by Crippen LogP contribution is 2.34. The average molecular weight is 399 g/mol. The van der Waals surface area contributed by atoms with Crippen LogP contribution in [-0.4, -0.2) is 58.9 Å². The largest absolute Gasteiger partial charge is 0.298 e. The third kappa shape index (κ3) is 9.12. The molecule has 2 aliphatic rings. The Hall–Kier alpha value is -0.360. The Morgan fingerprint density at radius 1 is 0.704 bits per heavy atom. The minimum atomic E-state index is -2.50. The molecule has 2 fully saturated rings. The Bertz CT molecular complexity index is 393. The quantitative estimate of drug-likeness (QED) is 0.478. The maximum atomic E-state index is 13.0. The third-order valence-electron chi connectivity index (χ3n) is 5.60. The van der Waals surface area contributed by atoms with Crippen LogP contribution in [0.4, 0.5) is 17.6 Å². The standard InChI is InChI=1S/C11H21F2N.C9H17F2N.CH4/c1-10(2,3)14-7-5-9(6-8-14)11(4,12)13;1-8(2,3)12-6-4-9(10,11)5-7-12;/h9H,5-8H2,1-4H3;4-7H2,1-3H3;1H4. The molecule has 0 saturated carbocycles. The highest BCUT2D eigenvalue weighted by Gasteiger charge is 2.38. The summed E-state index contributed by atoms with van der Waals surface area (Å²) in [5, 5.41) is 0. The summed E-state index contributed by atoms with van der Waals surface area (Å²) in [5.74, 6) is -5.33. The van der Waals surface area contributed by atoms with E-state index >= 15 is 0 Å². The van der Waals surface area contributed by atoms with Crippen molar-refractivity contribution in [2.24, 2.45) is 5.92 Å². The first-order valence-corrected chi connectivity index (χ1v) is 9.78. The Kier molecular flexibility index (Phi) is 9.30. The van der Waals surface area contributed by atoms with Crippen LogP contribution in [0.5, 0.6) is 0 Å². The van der Waals surface area contributed by atoms with Gasteiger partial charge in [-0.15, -0.1) is 0 Å². The predicted octanol–water partition coefficient (Wildman–Crippen LogP) is 6.30. The van der Waals surface area contributed by atoms with Crippen LogP contribution in [0, 0.1) is 5.92 Å². The first kappa shape index (κ1) is 26.6. The van der Waals surface area contributed by atoms with E-state index in [1.54, 1.807) is 0 Å². The molecule has 0 aromatic rings. The number of likely N-dealkylation sites (tertiary alicyclic amines) is 2. The van der Waals surface area contributed by atoms with E-state index in [0.29, 0.717) is 25.9 Å². The van der Waals surface area contributed by atoms with Gasteiger partial charge >= 0.3 is 0 Å². The van der Waals surface area contributed by atoms with Gasteiger partial charge in [0.2, 0.25) is 5.92 Å². The SMILES string of the molecule is C.CC(C)(C)N1CCC(F)(F)CC1.CC(F)(F)C1CCN(C(C)(C)C)CC1. The predicted molar refractivity (Wildman–Crippen MR) is 107 cm³/mol. The average Bonchev–Trinajstić information content (AvgIpc) is 2.45. The van der Waals surface area contributed by atoms with Crippen molar-refractivity contribution in [2.45, 2.75) is 104 Å². The molecule has 164 valence electrons. The number of hydrogen-bond donors (Lipinski definition) is 0. The van der Waals surface area contributed by atoms with Crippen LogP contribution in [0.3, 0.4) is 0 Å². The number of hydrogen-bond acceptors (Lipinski definition) is 2. The molecule has 0 amide bonds. The van der Waals surface area contributed by atoms with E-state index in [9.17, 15) is 17.6 Å². The fourth-order valence-corrected chi connectivity index (χ4v) is 3.56. The van der Waals surface area contributed by atoms with Gasteiger partial charge < -0.3 is 0 Å². The van der Waals surface area contributed by atoms with Crippen molar-refractivity contribution in [1.29, 1.82) is 0 Å². The second kappa shape index (κ2) is 9.43. The second-order valence-corrected chi connectivity index (χ2v) is 9.90. The zero-order chi connectivity index (χ0) is 20.4. The fraction of sp³-hybridized carbons (Fsp3) is 1.00. The van der Waals surface area contributed by atoms with Gasteiger partial charge in [0.1, 0.15) is 0 Å². The summed E-state index contributed by atoms with van der Waals surface area (Å²) in [4.78, 5) is 4.40. The maximum Gasteiger partial charge on any atom is 0.250 e. The number of alkyl halides is 4. The fourth-order valence-electron chi connectivity index (χ4n) is 3.56. The van der Waals surface area contributed by atoms with Crippen LogP contribution in [-0.2, 0) is 0 Å². The lowest BCUT2D eigenvalue weighted by Gasteiger charge is -2.42. The molecule has 0 N–H and O–H groups in total. The number of rotatable bonds is 1. The van der Waals surface area contributed by atoms with E-state index < -0.39 is 17.8 Å². The zero-order valence-electron chi connectivity index (χ0n) is 17.6. The van der Waals surface area contributed by atoms with E-state index in [0.717, 1.165) is 20.0 Å². The highest BCUT2D eigenvalue weighted by molar-refractivity contribution is 4.86. The van der Waals surface area contributed by atoms with E-state index in [-0.39, 0.29) is 31.3 Å². The molecule has 2 saturated heterocycles. The third-order valence-corrected chi connectivity index (χ3v) is 5.60. The van der Waals surface area contributed by atoms with Gasteiger partial charge in [0.25, 0.3) is 5.92 Å². The summed E-state index contributed by atoms with van der Waals surface area (Å²) in [6.45, 7) is 16.3. The van der Waals surface area contributed by atoms with Gasteiger partial charge in [-0.2, -0.15) is 0 Å². The van der Waals surface area contributed by atoms with E-state index in [1.165, 1.54) is 0 Å². The minimum absolute atomic E-state index is 0. The van der Waals surface area contributed by atoms with Crippen molar-refractivity contribution in [3.05, 3.63) is 0 Å². The molecular weight excluding hydrogens is 356 g/mol. The van der Waals surface area contributed by atoms with Gasteiger partial charge in [-0.05, 0) is 74.4 Å². The van der Waals surface area contributed by atoms with Crippen LogP contribution in [0.1, 0.15) is 81.6 Å². The summed E-state index contributed by atoms with van der Waals surface area (Å²) in [6.07, 6.45) is 1.29. The molecule has 2 heterocycles. The lowest BCUT2D eigenvalue weighted by Crippen LogP contribution is -2.48. The summed E-state index contributed by atoms with van der Waals surface area (Å²) < 4.78 is 51.5. The molecule has 27 heavy (non-hydrogen) atoms. The number of nitrogens with zero attached hydrogens (tertiary/aromatic N) is 2. The molecule has 0 bridgehead atoms. The normalized spacial score (nSPS) is 23.2. The van der Waals surface area contributed by atoms with Crippen LogP contribution < -0.4 is 0 Å². The Morgan fingerprint density at radius 3 is 1.33 bits per heavy atom. The molecule has 2 nitrogen and oxygen atoms in total. The van der Waals surface area contributed by atoms with Crippen LogP contribution in [0.25, 0.3) is 0 Å². The van der Waals surface area contributed by atoms with Gasteiger partial charge in [-0.25, -0.2) is 17.6 Å². The summed E-state index contributed by atoms with van der Waals surface area (Å²) in [6, 6.07) is 0. The molecule has 0 aromatic carbocycles. The summed E-state index contributed by atoms with van der Waals surface area (Å²) >= 11 is 0. The lowest BCUT2D eigenvalue weighted by molar-refractivity contribution is -0.0714. The van der Waals surface area contributed by atoms with Crippen molar-refractivity contribution in [3.63, 3.8) is 0 Å². The first-order valence-electron chi connectivity index (χ1n) is 9.78. The van der Waals surface area contributed by atoms with E-state index in [2.05, 4.69) is 51.3 Å². The highest BCUT2D eigenvalue weighted by atomic mass is 19.3. The van der Waals surface area contributed by atoms with Gasteiger partial charge in [-0.1, -0.05) is 7.43 Å². The summed E-state index contributed by atoms with van der Waals surface area (Å²) in [7, 11) is 0. The van der Waals surface area contributed by atoms with Gasteiger partial charge in [-0.3, -0.25) is 9.80 Å². The first-order chi connectivity index (χ1) is 11.5. The van der Waals surface area contributed by atoms with Crippen molar-refractivity contribution in [3.8, 4) is 0 Å². The van der Waals surface area contributed by atoms with E-state index in [1.807, 2.05) is 0 Å². The lowest BCUT2D eigenvalue weighted by atomic mass is 9.89. The van der Waals surface area contributed by atoms with Gasteiger partial charge in [0.05, 0.1) is 0 Å². The summed E-state index contributed by atoms with van der Waals surface area (Å²) in [5.41, 5.74) is 0.157. The van der Waals surface area contributed by atoms with Crippen molar-refractivity contribution in [2.75, 3.05) is 26.2 Å². The maximum absolute atomic E-state index is 13.0. The van der Waals surface area contributed by atoms with Crippen LogP contribution in [0.15, 0.2) is 0 Å². The number of piperidine rings is 2. The molecule has 2 aliphatic heterocycles. The van der Waals surface area contributed by atoms with Crippen molar-refractivity contribution >= 4 is 0 Å². The molecule has 0 spiro atoms. The Labute approximate surface area is 164 Å². The van der Waals surface area contributed by atoms with Crippen molar-refractivity contribution < 1.29 is 17.6 Å². The van der Waals surface area contributed by atoms with E-state index in [4.69, 9.17) is 0 Å². The topological polar surface area (TPSA) is 6.48 Å². The monoisotopic (exact) mass is 398 g/mol. The van der Waals surface area contributed by atoms with Crippen LogP contribution in [0.2, 0.25) is 0 Å². The molecule has 0 unspecified atom stereocenters. The Balaban J connectivity index is 0.000000488. The zero-order valence-corrected chi connectivity index (χ0v) is 17.6. The molecule has 0 aromatic heterocycles. The molecule has 6 heteroatoms. The molecule has 0 aliphatic carbocycles. The van der Waals surface area contributed by atoms with Crippen LogP contribution >= 0.6 is 0 Å². The Morgan fingerprint density at radius 2 is 1.04 bits per heavy atom. The molecule has 0 radical (unpaired) electrons. The minimum Gasteiger partial charge on any atom is -0.298 e. The molecular formula is C21H42F4N2. The second-order valence-electron chi connectivity index (χ2n) is 9.90.